The lowest BCUT2D eigenvalue weighted by Gasteiger charge is -2.26. The Balaban J connectivity index is 0.000000286. The molecular weight excluding hydrogens is 260 g/mol. The topological polar surface area (TPSA) is 75.7 Å². The molecule has 2 rings (SSSR count). The maximum absolute atomic E-state index is 11.2. The van der Waals surface area contributed by atoms with Gasteiger partial charge >= 0.3 is 5.97 Å². The number of imide groups is 1. The standard InChI is InChI=1S/C10H14N2O2.C4H6O2/c13-9-6-7-10(14)12(9)11-8-4-2-1-3-5-8;1-3-4(5)6-2/h6-8,11H,1-5H2;3H,1H2,2H3. The summed E-state index contributed by atoms with van der Waals surface area (Å²) in [4.78, 5) is 32.3. The van der Waals surface area contributed by atoms with Crippen LogP contribution in [-0.2, 0) is 19.1 Å². The third kappa shape index (κ3) is 4.97. The number of carbonyl (C=O) groups is 3. The molecule has 0 aromatic heterocycles. The molecule has 0 spiro atoms. The van der Waals surface area contributed by atoms with E-state index in [2.05, 4.69) is 16.7 Å². The van der Waals surface area contributed by atoms with Gasteiger partial charge in [0.25, 0.3) is 11.8 Å². The van der Waals surface area contributed by atoms with E-state index in [1.54, 1.807) is 0 Å². The van der Waals surface area contributed by atoms with Gasteiger partial charge in [0, 0.05) is 24.3 Å². The lowest BCUT2D eigenvalue weighted by Crippen LogP contribution is -2.48. The Morgan fingerprint density at radius 2 is 1.85 bits per heavy atom. The number of hydrogen-bond donors (Lipinski definition) is 1. The Kier molecular flexibility index (Phi) is 6.66. The summed E-state index contributed by atoms with van der Waals surface area (Å²) in [6.45, 7) is 3.16. The molecule has 1 N–H and O–H groups in total. The average molecular weight is 280 g/mol. The minimum atomic E-state index is -0.394. The van der Waals surface area contributed by atoms with Gasteiger partial charge in [-0.15, -0.1) is 0 Å². The SMILES string of the molecule is C=CC(=O)OC.O=C1C=CC(=O)N1NC1CCCCC1. The molecule has 1 aliphatic carbocycles. The maximum atomic E-state index is 11.2. The molecule has 0 aromatic rings. The number of hydrogen-bond acceptors (Lipinski definition) is 5. The summed E-state index contributed by atoms with van der Waals surface area (Å²) >= 11 is 0. The van der Waals surface area contributed by atoms with Gasteiger partial charge < -0.3 is 4.74 Å². The Morgan fingerprint density at radius 3 is 2.25 bits per heavy atom. The van der Waals surface area contributed by atoms with Crippen molar-refractivity contribution in [2.24, 2.45) is 0 Å². The third-order valence-corrected chi connectivity index (χ3v) is 3.09. The van der Waals surface area contributed by atoms with Gasteiger partial charge in [-0.1, -0.05) is 25.8 Å². The van der Waals surface area contributed by atoms with Crippen LogP contribution in [0.25, 0.3) is 0 Å². The quantitative estimate of drug-likeness (QED) is 0.476. The van der Waals surface area contributed by atoms with Crippen molar-refractivity contribution in [3.8, 4) is 0 Å². The first-order chi connectivity index (χ1) is 9.58. The number of hydrazine groups is 1. The lowest BCUT2D eigenvalue weighted by atomic mass is 9.96. The van der Waals surface area contributed by atoms with Crippen LogP contribution < -0.4 is 5.43 Å². The van der Waals surface area contributed by atoms with E-state index in [1.807, 2.05) is 0 Å². The zero-order valence-corrected chi connectivity index (χ0v) is 11.6. The second-order valence-corrected chi connectivity index (χ2v) is 4.54. The van der Waals surface area contributed by atoms with E-state index in [4.69, 9.17) is 0 Å². The van der Waals surface area contributed by atoms with Crippen LogP contribution in [0.3, 0.4) is 0 Å². The predicted octanol–water partition coefficient (Wildman–Crippen LogP) is 1.09. The molecule has 1 saturated carbocycles. The van der Waals surface area contributed by atoms with E-state index in [-0.39, 0.29) is 17.9 Å². The molecule has 0 bridgehead atoms. The average Bonchev–Trinajstić information content (AvgIpc) is 2.80. The van der Waals surface area contributed by atoms with Crippen LogP contribution in [-0.4, -0.2) is 35.9 Å². The molecule has 0 atom stereocenters. The number of methoxy groups -OCH3 is 1. The van der Waals surface area contributed by atoms with Gasteiger partial charge in [0.2, 0.25) is 0 Å². The highest BCUT2D eigenvalue weighted by molar-refractivity contribution is 6.12. The Hall–Kier alpha value is -1.95. The molecule has 1 aliphatic heterocycles. The fourth-order valence-electron chi connectivity index (χ4n) is 2.03. The van der Waals surface area contributed by atoms with Gasteiger partial charge in [-0.3, -0.25) is 9.59 Å². The molecule has 0 saturated heterocycles. The molecule has 6 nitrogen and oxygen atoms in total. The Labute approximate surface area is 118 Å². The van der Waals surface area contributed by atoms with Gasteiger partial charge in [0.15, 0.2) is 0 Å². The van der Waals surface area contributed by atoms with Crippen LogP contribution in [0.4, 0.5) is 0 Å². The normalized spacial score (nSPS) is 18.6. The van der Waals surface area contributed by atoms with Crippen molar-refractivity contribution in [2.45, 2.75) is 38.1 Å². The largest absolute Gasteiger partial charge is 0.466 e. The van der Waals surface area contributed by atoms with Crippen molar-refractivity contribution in [3.05, 3.63) is 24.8 Å². The monoisotopic (exact) mass is 280 g/mol. The number of carbonyl (C=O) groups excluding carboxylic acids is 3. The molecule has 1 heterocycles. The molecule has 110 valence electrons. The van der Waals surface area contributed by atoms with E-state index in [1.165, 1.54) is 38.5 Å². The van der Waals surface area contributed by atoms with Crippen LogP contribution in [0, 0.1) is 0 Å². The summed E-state index contributed by atoms with van der Waals surface area (Å²) in [6, 6.07) is 0.288. The summed E-state index contributed by atoms with van der Waals surface area (Å²) in [6.07, 6.45) is 9.45. The van der Waals surface area contributed by atoms with Crippen LogP contribution >= 0.6 is 0 Å². The Bertz CT molecular complexity index is 393. The van der Waals surface area contributed by atoms with E-state index in [9.17, 15) is 14.4 Å². The fourth-order valence-corrected chi connectivity index (χ4v) is 2.03. The number of nitrogens with zero attached hydrogens (tertiary/aromatic N) is 1. The number of nitrogens with one attached hydrogen (secondary N) is 1. The molecule has 2 amide bonds. The molecule has 0 aromatic carbocycles. The first-order valence-electron chi connectivity index (χ1n) is 6.61. The van der Waals surface area contributed by atoms with Gasteiger partial charge in [-0.2, -0.15) is 0 Å². The number of ether oxygens (including phenoxy) is 1. The van der Waals surface area contributed by atoms with Gasteiger partial charge in [0.1, 0.15) is 0 Å². The summed E-state index contributed by atoms with van der Waals surface area (Å²) < 4.78 is 4.14. The second-order valence-electron chi connectivity index (χ2n) is 4.54. The van der Waals surface area contributed by atoms with Crippen LogP contribution in [0.1, 0.15) is 32.1 Å². The number of amides is 2. The van der Waals surface area contributed by atoms with E-state index in [0.29, 0.717) is 0 Å². The first-order valence-corrected chi connectivity index (χ1v) is 6.61. The molecule has 1 fully saturated rings. The maximum Gasteiger partial charge on any atom is 0.329 e. The highest BCUT2D eigenvalue weighted by Crippen LogP contribution is 2.18. The van der Waals surface area contributed by atoms with Crippen molar-refractivity contribution in [1.82, 2.24) is 10.4 Å². The number of esters is 1. The van der Waals surface area contributed by atoms with Crippen LogP contribution in [0.15, 0.2) is 24.8 Å². The molecular formula is C14H20N2O4. The Morgan fingerprint density at radius 1 is 1.30 bits per heavy atom. The molecule has 0 unspecified atom stereocenters. The summed E-state index contributed by atoms with van der Waals surface area (Å²) in [5, 5.41) is 1.12. The van der Waals surface area contributed by atoms with Crippen molar-refractivity contribution in [3.63, 3.8) is 0 Å². The second kappa shape index (κ2) is 8.27. The van der Waals surface area contributed by atoms with Gasteiger partial charge in [-0.05, 0) is 12.8 Å². The summed E-state index contributed by atoms with van der Waals surface area (Å²) in [5.74, 6) is -0.892. The molecule has 2 aliphatic rings. The van der Waals surface area contributed by atoms with E-state index in [0.717, 1.165) is 23.9 Å². The zero-order valence-electron chi connectivity index (χ0n) is 11.6. The summed E-state index contributed by atoms with van der Waals surface area (Å²) in [5.41, 5.74) is 2.99. The summed E-state index contributed by atoms with van der Waals surface area (Å²) in [7, 11) is 1.31. The van der Waals surface area contributed by atoms with Crippen LogP contribution in [0.5, 0.6) is 0 Å². The zero-order chi connectivity index (χ0) is 15.0. The number of rotatable bonds is 3. The van der Waals surface area contributed by atoms with Crippen molar-refractivity contribution < 1.29 is 19.1 Å². The van der Waals surface area contributed by atoms with Crippen LogP contribution in [0.2, 0.25) is 0 Å². The molecule has 6 heteroatoms. The smallest absolute Gasteiger partial charge is 0.329 e. The van der Waals surface area contributed by atoms with Gasteiger partial charge in [-0.25, -0.2) is 15.2 Å². The minimum Gasteiger partial charge on any atom is -0.466 e. The van der Waals surface area contributed by atoms with E-state index >= 15 is 0 Å². The predicted molar refractivity (Wildman–Crippen MR) is 73.2 cm³/mol. The fraction of sp³-hybridized carbons (Fsp3) is 0.500. The van der Waals surface area contributed by atoms with Gasteiger partial charge in [0.05, 0.1) is 7.11 Å². The van der Waals surface area contributed by atoms with Crippen molar-refractivity contribution >= 4 is 17.8 Å². The first kappa shape index (κ1) is 16.1. The highest BCUT2D eigenvalue weighted by atomic mass is 16.5. The molecule has 0 radical (unpaired) electrons. The highest BCUT2D eigenvalue weighted by Gasteiger charge is 2.26. The van der Waals surface area contributed by atoms with E-state index < -0.39 is 5.97 Å². The molecule has 20 heavy (non-hydrogen) atoms. The van der Waals surface area contributed by atoms with Crippen molar-refractivity contribution in [1.29, 1.82) is 0 Å². The third-order valence-electron chi connectivity index (χ3n) is 3.09. The minimum absolute atomic E-state index is 0.249. The lowest BCUT2D eigenvalue weighted by molar-refractivity contribution is -0.141. The van der Waals surface area contributed by atoms with Crippen molar-refractivity contribution in [2.75, 3.05) is 7.11 Å².